The van der Waals surface area contributed by atoms with Gasteiger partial charge in [-0.25, -0.2) is 4.39 Å². The number of benzene rings is 1. The van der Waals surface area contributed by atoms with Crippen molar-refractivity contribution >= 4 is 18.3 Å². The van der Waals surface area contributed by atoms with E-state index in [2.05, 4.69) is 5.32 Å². The summed E-state index contributed by atoms with van der Waals surface area (Å²) in [5.74, 6) is -0.267. The molecule has 0 radical (unpaired) electrons. The van der Waals surface area contributed by atoms with Gasteiger partial charge in [-0.2, -0.15) is 0 Å². The Morgan fingerprint density at radius 2 is 2.22 bits per heavy atom. The van der Waals surface area contributed by atoms with Crippen molar-refractivity contribution in [2.45, 2.75) is 25.7 Å². The molecule has 0 saturated heterocycles. The highest BCUT2D eigenvalue weighted by Crippen LogP contribution is 2.19. The molecule has 1 unspecified atom stereocenters. The molecule has 3 nitrogen and oxygen atoms in total. The van der Waals surface area contributed by atoms with Crippen LogP contribution in [0.15, 0.2) is 24.3 Å². The average molecular weight is 275 g/mol. The van der Waals surface area contributed by atoms with Gasteiger partial charge in [0.25, 0.3) is 0 Å². The fourth-order valence-corrected chi connectivity index (χ4v) is 1.61. The molecule has 18 heavy (non-hydrogen) atoms. The van der Waals surface area contributed by atoms with Crippen LogP contribution in [0.3, 0.4) is 0 Å². The highest BCUT2D eigenvalue weighted by atomic mass is 35.5. The first-order valence-corrected chi connectivity index (χ1v) is 5.85. The second kappa shape index (κ2) is 8.89. The van der Waals surface area contributed by atoms with Crippen LogP contribution in [0, 0.1) is 5.82 Å². The van der Waals surface area contributed by atoms with Gasteiger partial charge in [-0.15, -0.1) is 12.4 Å². The molecule has 0 fully saturated rings. The maximum Gasteiger partial charge on any atom is 0.220 e. The normalized spacial score (nSPS) is 11.5. The number of halogens is 2. The summed E-state index contributed by atoms with van der Waals surface area (Å²) in [4.78, 5) is 11.5. The maximum atomic E-state index is 13.0. The molecule has 1 amide bonds. The molecule has 1 aromatic carbocycles. The molecule has 1 aromatic rings. The van der Waals surface area contributed by atoms with Crippen LogP contribution in [-0.2, 0) is 4.79 Å². The van der Waals surface area contributed by atoms with Gasteiger partial charge in [0, 0.05) is 13.0 Å². The summed E-state index contributed by atoms with van der Waals surface area (Å²) in [5.41, 5.74) is 6.18. The molecule has 3 N–H and O–H groups in total. The first kappa shape index (κ1) is 16.9. The van der Waals surface area contributed by atoms with E-state index in [9.17, 15) is 9.18 Å². The largest absolute Gasteiger partial charge is 0.356 e. The number of carbonyl (C=O) groups excluding carboxylic acids is 1. The number of amides is 1. The maximum absolute atomic E-state index is 13.0. The van der Waals surface area contributed by atoms with Crippen molar-refractivity contribution in [3.8, 4) is 0 Å². The fraction of sp³-hybridized carbons (Fsp3) is 0.462. The predicted molar refractivity (Wildman–Crippen MR) is 73.4 cm³/mol. The second-order valence-electron chi connectivity index (χ2n) is 4.15. The van der Waals surface area contributed by atoms with Gasteiger partial charge in [-0.1, -0.05) is 19.1 Å². The number of nitrogens with two attached hydrogens (primary N) is 1. The smallest absolute Gasteiger partial charge is 0.220 e. The number of carbonyl (C=O) groups is 1. The molecular formula is C13H20ClFN2O. The second-order valence-corrected chi connectivity index (χ2v) is 4.15. The highest BCUT2D eigenvalue weighted by molar-refractivity contribution is 5.85. The first-order valence-electron chi connectivity index (χ1n) is 5.85. The van der Waals surface area contributed by atoms with E-state index in [1.165, 1.54) is 12.1 Å². The predicted octanol–water partition coefficient (Wildman–Crippen LogP) is 2.21. The fourth-order valence-electron chi connectivity index (χ4n) is 1.61. The Morgan fingerprint density at radius 3 is 2.83 bits per heavy atom. The number of hydrogen-bond donors (Lipinski definition) is 2. The average Bonchev–Trinajstić information content (AvgIpc) is 2.29. The lowest BCUT2D eigenvalue weighted by Crippen LogP contribution is -2.26. The van der Waals surface area contributed by atoms with Crippen molar-refractivity contribution in [1.29, 1.82) is 0 Å². The molecule has 1 atom stereocenters. The molecule has 1 rings (SSSR count). The van der Waals surface area contributed by atoms with Crippen LogP contribution in [0.5, 0.6) is 0 Å². The van der Waals surface area contributed by atoms with E-state index in [1.807, 2.05) is 13.0 Å². The van der Waals surface area contributed by atoms with Crippen LogP contribution in [0.2, 0.25) is 0 Å². The van der Waals surface area contributed by atoms with Gasteiger partial charge < -0.3 is 11.1 Å². The van der Waals surface area contributed by atoms with Crippen molar-refractivity contribution in [2.24, 2.45) is 5.73 Å². The molecule has 0 aliphatic rings. The summed E-state index contributed by atoms with van der Waals surface area (Å²) < 4.78 is 13.0. The van der Waals surface area contributed by atoms with Gasteiger partial charge in [0.1, 0.15) is 5.82 Å². The van der Waals surface area contributed by atoms with Gasteiger partial charge in [-0.3, -0.25) is 4.79 Å². The van der Waals surface area contributed by atoms with Crippen molar-refractivity contribution in [3.63, 3.8) is 0 Å². The quantitative estimate of drug-likeness (QED) is 0.782. The first-order chi connectivity index (χ1) is 8.13. The molecular weight excluding hydrogens is 255 g/mol. The van der Waals surface area contributed by atoms with E-state index in [4.69, 9.17) is 5.73 Å². The lowest BCUT2D eigenvalue weighted by Gasteiger charge is -2.12. The lowest BCUT2D eigenvalue weighted by atomic mass is 9.97. The molecule has 102 valence electrons. The van der Waals surface area contributed by atoms with Crippen LogP contribution in [0.25, 0.3) is 0 Å². The minimum atomic E-state index is -0.266. The van der Waals surface area contributed by atoms with E-state index in [0.29, 0.717) is 19.5 Å². The van der Waals surface area contributed by atoms with Crippen molar-refractivity contribution < 1.29 is 9.18 Å². The minimum absolute atomic E-state index is 0. The van der Waals surface area contributed by atoms with E-state index in [-0.39, 0.29) is 30.0 Å². The Bertz CT molecular complexity index is 374. The third-order valence-electron chi connectivity index (χ3n) is 2.61. The van der Waals surface area contributed by atoms with Crippen LogP contribution in [0.1, 0.15) is 31.2 Å². The molecule has 0 aliphatic heterocycles. The molecule has 0 aliphatic carbocycles. The Kier molecular flexibility index (Phi) is 8.33. The van der Waals surface area contributed by atoms with Gasteiger partial charge in [-0.05, 0) is 36.6 Å². The molecule has 0 spiro atoms. The summed E-state index contributed by atoms with van der Waals surface area (Å²) in [7, 11) is 0. The summed E-state index contributed by atoms with van der Waals surface area (Å²) in [5, 5.41) is 2.79. The van der Waals surface area contributed by atoms with Crippen molar-refractivity contribution in [2.75, 3.05) is 13.1 Å². The zero-order valence-electron chi connectivity index (χ0n) is 10.5. The highest BCUT2D eigenvalue weighted by Gasteiger charge is 2.11. The van der Waals surface area contributed by atoms with Gasteiger partial charge in [0.05, 0.1) is 0 Å². The number of rotatable bonds is 6. The van der Waals surface area contributed by atoms with Crippen LogP contribution >= 0.6 is 12.4 Å². The van der Waals surface area contributed by atoms with Crippen LogP contribution in [-0.4, -0.2) is 19.0 Å². The van der Waals surface area contributed by atoms with Gasteiger partial charge >= 0.3 is 0 Å². The Hall–Kier alpha value is -1.13. The van der Waals surface area contributed by atoms with Crippen LogP contribution < -0.4 is 11.1 Å². The Morgan fingerprint density at radius 1 is 1.50 bits per heavy atom. The Balaban J connectivity index is 0.00000289. The molecule has 0 aromatic heterocycles. The van der Waals surface area contributed by atoms with E-state index < -0.39 is 0 Å². The third kappa shape index (κ3) is 5.98. The molecule has 0 saturated carbocycles. The standard InChI is InChI=1S/C13H19FN2O.ClH/c1-10(8-13(17)16-7-3-6-15)11-4-2-5-12(14)9-11;/h2,4-5,9-10H,3,6-8,15H2,1H3,(H,16,17);1H. The van der Waals surface area contributed by atoms with E-state index in [0.717, 1.165) is 12.0 Å². The summed E-state index contributed by atoms with van der Waals surface area (Å²) >= 11 is 0. The third-order valence-corrected chi connectivity index (χ3v) is 2.61. The zero-order chi connectivity index (χ0) is 12.7. The van der Waals surface area contributed by atoms with Gasteiger partial charge in [0.15, 0.2) is 0 Å². The van der Waals surface area contributed by atoms with E-state index in [1.54, 1.807) is 6.07 Å². The van der Waals surface area contributed by atoms with Crippen molar-refractivity contribution in [3.05, 3.63) is 35.6 Å². The topological polar surface area (TPSA) is 55.1 Å². The molecule has 5 heteroatoms. The number of nitrogens with one attached hydrogen (secondary N) is 1. The number of hydrogen-bond acceptors (Lipinski definition) is 2. The van der Waals surface area contributed by atoms with Crippen LogP contribution in [0.4, 0.5) is 4.39 Å². The molecule has 0 bridgehead atoms. The zero-order valence-corrected chi connectivity index (χ0v) is 11.3. The SMILES string of the molecule is CC(CC(=O)NCCCN)c1cccc(F)c1.Cl. The summed E-state index contributed by atoms with van der Waals surface area (Å²) in [6, 6.07) is 6.36. The summed E-state index contributed by atoms with van der Waals surface area (Å²) in [6.45, 7) is 3.09. The van der Waals surface area contributed by atoms with E-state index >= 15 is 0 Å². The Labute approximate surface area is 113 Å². The van der Waals surface area contributed by atoms with Gasteiger partial charge in [0.2, 0.25) is 5.91 Å². The molecule has 0 heterocycles. The summed E-state index contributed by atoms with van der Waals surface area (Å²) in [6.07, 6.45) is 1.15. The lowest BCUT2D eigenvalue weighted by molar-refractivity contribution is -0.121. The monoisotopic (exact) mass is 274 g/mol. The van der Waals surface area contributed by atoms with Crippen molar-refractivity contribution in [1.82, 2.24) is 5.32 Å². The minimum Gasteiger partial charge on any atom is -0.356 e.